The van der Waals surface area contributed by atoms with Gasteiger partial charge in [-0.3, -0.25) is 9.52 Å². The molecule has 0 aliphatic carbocycles. The van der Waals surface area contributed by atoms with Gasteiger partial charge in [0.2, 0.25) is 0 Å². The summed E-state index contributed by atoms with van der Waals surface area (Å²) in [5.74, 6) is -1.14. The first-order valence-electron chi connectivity index (χ1n) is 10.9. The fourth-order valence-corrected chi connectivity index (χ4v) is 4.78. The van der Waals surface area contributed by atoms with Gasteiger partial charge in [0.25, 0.3) is 15.9 Å². The predicted molar refractivity (Wildman–Crippen MR) is 131 cm³/mol. The molecule has 0 radical (unpaired) electrons. The zero-order valence-corrected chi connectivity index (χ0v) is 20.2. The van der Waals surface area contributed by atoms with Crippen LogP contribution in [0.25, 0.3) is 0 Å². The van der Waals surface area contributed by atoms with E-state index in [0.29, 0.717) is 12.1 Å². The molecule has 3 aromatic rings. The molecule has 0 saturated heterocycles. The van der Waals surface area contributed by atoms with Crippen molar-refractivity contribution in [3.63, 3.8) is 0 Å². The smallest absolute Gasteiger partial charge is 0.340 e. The van der Waals surface area contributed by atoms with Gasteiger partial charge < -0.3 is 10.1 Å². The van der Waals surface area contributed by atoms with Crippen molar-refractivity contribution in [1.29, 1.82) is 0 Å². The molecule has 1 amide bonds. The highest BCUT2D eigenvalue weighted by molar-refractivity contribution is 7.92. The first-order chi connectivity index (χ1) is 16.2. The van der Waals surface area contributed by atoms with Crippen molar-refractivity contribution in [1.82, 2.24) is 5.32 Å². The Bertz CT molecular complexity index is 1270. The Morgan fingerprint density at radius 2 is 1.62 bits per heavy atom. The monoisotopic (exact) mass is 480 g/mol. The van der Waals surface area contributed by atoms with Crippen LogP contribution < -0.4 is 10.0 Å². The number of carbonyl (C=O) groups excluding carboxylic acids is 2. The second-order valence-electron chi connectivity index (χ2n) is 8.11. The summed E-state index contributed by atoms with van der Waals surface area (Å²) in [6, 6.07) is 21.0. The lowest BCUT2D eigenvalue weighted by molar-refractivity contribution is -0.124. The van der Waals surface area contributed by atoms with Gasteiger partial charge in [-0.05, 0) is 54.7 Å². The summed E-state index contributed by atoms with van der Waals surface area (Å²) in [4.78, 5) is 24.9. The van der Waals surface area contributed by atoms with Gasteiger partial charge in [0, 0.05) is 6.54 Å². The molecular formula is C26H28N2O5S. The third kappa shape index (κ3) is 6.45. The number of carbonyl (C=O) groups is 2. The normalized spacial score (nSPS) is 12.0. The van der Waals surface area contributed by atoms with Gasteiger partial charge in [-0.1, -0.05) is 61.5 Å². The first kappa shape index (κ1) is 25.0. The summed E-state index contributed by atoms with van der Waals surface area (Å²) in [6.07, 6.45) is 0. The minimum atomic E-state index is -3.94. The summed E-state index contributed by atoms with van der Waals surface area (Å²) < 4.78 is 33.5. The Kier molecular flexibility index (Phi) is 8.07. The topological polar surface area (TPSA) is 102 Å². The molecule has 8 heteroatoms. The predicted octanol–water partition coefficient (Wildman–Crippen LogP) is 4.18. The van der Waals surface area contributed by atoms with Gasteiger partial charge in [-0.25, -0.2) is 13.2 Å². The van der Waals surface area contributed by atoms with Gasteiger partial charge in [0.15, 0.2) is 6.61 Å². The SMILES string of the molecule is Cc1ccc(C)c(S(=O)(=O)Nc2ccccc2C(=O)OCC(=O)NCC(C)c2ccccc2)c1. The van der Waals surface area contributed by atoms with Crippen LogP contribution in [-0.4, -0.2) is 33.4 Å². The Labute approximate surface area is 200 Å². The highest BCUT2D eigenvalue weighted by atomic mass is 32.2. The van der Waals surface area contributed by atoms with Crippen LogP contribution in [0.4, 0.5) is 5.69 Å². The number of ether oxygens (including phenoxy) is 1. The van der Waals surface area contributed by atoms with Crippen molar-refractivity contribution in [2.75, 3.05) is 17.9 Å². The Morgan fingerprint density at radius 1 is 0.941 bits per heavy atom. The van der Waals surface area contributed by atoms with Crippen molar-refractivity contribution in [3.8, 4) is 0 Å². The molecule has 2 N–H and O–H groups in total. The van der Waals surface area contributed by atoms with E-state index in [9.17, 15) is 18.0 Å². The number of nitrogens with one attached hydrogen (secondary N) is 2. The number of esters is 1. The molecule has 0 aromatic heterocycles. The molecule has 178 valence electrons. The van der Waals surface area contributed by atoms with Crippen LogP contribution in [0.5, 0.6) is 0 Å². The average Bonchev–Trinajstić information content (AvgIpc) is 2.83. The molecule has 1 atom stereocenters. The van der Waals surface area contributed by atoms with Crippen LogP contribution >= 0.6 is 0 Å². The van der Waals surface area contributed by atoms with Gasteiger partial charge >= 0.3 is 5.97 Å². The molecule has 0 aliphatic rings. The van der Waals surface area contributed by atoms with Gasteiger partial charge in [-0.2, -0.15) is 0 Å². The molecule has 1 unspecified atom stereocenters. The largest absolute Gasteiger partial charge is 0.452 e. The van der Waals surface area contributed by atoms with E-state index in [4.69, 9.17) is 4.74 Å². The van der Waals surface area contributed by atoms with E-state index in [1.54, 1.807) is 38.1 Å². The number of rotatable bonds is 9. The Morgan fingerprint density at radius 3 is 2.35 bits per heavy atom. The minimum absolute atomic E-state index is 0.0156. The van der Waals surface area contributed by atoms with Crippen LogP contribution in [0, 0.1) is 13.8 Å². The molecule has 0 spiro atoms. The minimum Gasteiger partial charge on any atom is -0.452 e. The highest BCUT2D eigenvalue weighted by Gasteiger charge is 2.21. The number of aryl methyl sites for hydroxylation is 2. The number of sulfonamides is 1. The van der Waals surface area contributed by atoms with Crippen molar-refractivity contribution < 1.29 is 22.7 Å². The fourth-order valence-electron chi connectivity index (χ4n) is 3.37. The lowest BCUT2D eigenvalue weighted by Crippen LogP contribution is -2.31. The molecular weight excluding hydrogens is 452 g/mol. The number of amides is 1. The van der Waals surface area contributed by atoms with E-state index in [-0.39, 0.29) is 22.1 Å². The number of hydrogen-bond donors (Lipinski definition) is 2. The Hall–Kier alpha value is -3.65. The zero-order valence-electron chi connectivity index (χ0n) is 19.4. The lowest BCUT2D eigenvalue weighted by atomic mass is 10.0. The summed E-state index contributed by atoms with van der Waals surface area (Å²) in [5, 5.41) is 2.75. The average molecular weight is 481 g/mol. The molecule has 7 nitrogen and oxygen atoms in total. The van der Waals surface area contributed by atoms with E-state index in [1.807, 2.05) is 43.3 Å². The Balaban J connectivity index is 1.63. The standard InChI is InChI=1S/C26H28N2O5S/c1-18-13-14-19(2)24(15-18)34(31,32)28-23-12-8-7-11-22(23)26(30)33-17-25(29)27-16-20(3)21-9-5-4-6-10-21/h4-15,20,28H,16-17H2,1-3H3,(H,27,29). The first-order valence-corrected chi connectivity index (χ1v) is 12.3. The van der Waals surface area contributed by atoms with Crippen LogP contribution in [0.1, 0.15) is 39.9 Å². The van der Waals surface area contributed by atoms with Crippen LogP contribution in [-0.2, 0) is 19.6 Å². The van der Waals surface area contributed by atoms with Crippen LogP contribution in [0.15, 0.2) is 77.7 Å². The van der Waals surface area contributed by atoms with Crippen LogP contribution in [0.3, 0.4) is 0 Å². The van der Waals surface area contributed by atoms with Crippen LogP contribution in [0.2, 0.25) is 0 Å². The lowest BCUT2D eigenvalue weighted by Gasteiger charge is -2.15. The van der Waals surface area contributed by atoms with E-state index in [0.717, 1.165) is 11.1 Å². The van der Waals surface area contributed by atoms with E-state index in [2.05, 4.69) is 10.0 Å². The molecule has 34 heavy (non-hydrogen) atoms. The van der Waals surface area contributed by atoms with E-state index in [1.165, 1.54) is 12.1 Å². The summed E-state index contributed by atoms with van der Waals surface area (Å²) in [6.45, 7) is 5.41. The fraction of sp³-hybridized carbons (Fsp3) is 0.231. The molecule has 0 bridgehead atoms. The molecule has 0 fully saturated rings. The quantitative estimate of drug-likeness (QED) is 0.448. The summed E-state index contributed by atoms with van der Waals surface area (Å²) >= 11 is 0. The molecule has 0 heterocycles. The third-order valence-electron chi connectivity index (χ3n) is 5.33. The van der Waals surface area contributed by atoms with E-state index >= 15 is 0 Å². The van der Waals surface area contributed by atoms with Crippen molar-refractivity contribution >= 4 is 27.6 Å². The maximum absolute atomic E-state index is 13.0. The van der Waals surface area contributed by atoms with E-state index < -0.39 is 28.5 Å². The number of anilines is 1. The molecule has 3 rings (SSSR count). The molecule has 0 saturated carbocycles. The van der Waals surface area contributed by atoms with Crippen molar-refractivity contribution in [2.24, 2.45) is 0 Å². The highest BCUT2D eigenvalue weighted by Crippen LogP contribution is 2.23. The maximum atomic E-state index is 13.0. The summed E-state index contributed by atoms with van der Waals surface area (Å²) in [5.41, 5.74) is 2.56. The zero-order chi connectivity index (χ0) is 24.7. The van der Waals surface area contributed by atoms with Crippen molar-refractivity contribution in [3.05, 3.63) is 95.1 Å². The molecule has 0 aliphatic heterocycles. The number of hydrogen-bond acceptors (Lipinski definition) is 5. The molecule has 3 aromatic carbocycles. The number of para-hydroxylation sites is 1. The second-order valence-corrected chi connectivity index (χ2v) is 9.76. The third-order valence-corrected chi connectivity index (χ3v) is 6.84. The van der Waals surface area contributed by atoms with Gasteiger partial charge in [0.1, 0.15) is 0 Å². The second kappa shape index (κ2) is 11.0. The van der Waals surface area contributed by atoms with Crippen molar-refractivity contribution in [2.45, 2.75) is 31.6 Å². The summed E-state index contributed by atoms with van der Waals surface area (Å²) in [7, 11) is -3.94. The maximum Gasteiger partial charge on any atom is 0.340 e. The van der Waals surface area contributed by atoms with Gasteiger partial charge in [-0.15, -0.1) is 0 Å². The number of benzene rings is 3. The van der Waals surface area contributed by atoms with Gasteiger partial charge in [0.05, 0.1) is 16.1 Å².